The Morgan fingerprint density at radius 1 is 1.25 bits per heavy atom. The zero-order valence-corrected chi connectivity index (χ0v) is 11.0. The number of benzene rings is 2. The highest BCUT2D eigenvalue weighted by molar-refractivity contribution is 5.35. The van der Waals surface area contributed by atoms with E-state index in [2.05, 4.69) is 0 Å². The van der Waals surface area contributed by atoms with Gasteiger partial charge in [-0.15, -0.1) is 0 Å². The zero-order valence-electron chi connectivity index (χ0n) is 11.0. The molecule has 0 saturated carbocycles. The highest BCUT2D eigenvalue weighted by atomic mass is 16.6. The first-order valence-electron chi connectivity index (χ1n) is 6.20. The smallest absolute Gasteiger partial charge is 0.269 e. The fourth-order valence-electron chi connectivity index (χ4n) is 1.79. The van der Waals surface area contributed by atoms with E-state index in [0.29, 0.717) is 5.75 Å². The van der Waals surface area contributed by atoms with Gasteiger partial charge in [0, 0.05) is 12.1 Å². The second-order valence-electron chi connectivity index (χ2n) is 4.46. The molecule has 1 N–H and O–H groups in total. The third kappa shape index (κ3) is 3.55. The summed E-state index contributed by atoms with van der Waals surface area (Å²) in [4.78, 5) is 10.3. The van der Waals surface area contributed by atoms with Crippen LogP contribution in [0.5, 0.6) is 5.75 Å². The first-order valence-corrected chi connectivity index (χ1v) is 6.20. The van der Waals surface area contributed by atoms with Gasteiger partial charge in [0.05, 0.1) is 11.0 Å². The predicted octanol–water partition coefficient (Wildman–Crippen LogP) is 3.23. The van der Waals surface area contributed by atoms with Gasteiger partial charge < -0.3 is 9.84 Å². The number of hydrogen-bond acceptors (Lipinski definition) is 4. The Balaban J connectivity index is 2.07. The number of nitrogens with zero attached hydrogens (tertiary/aromatic N) is 1. The molecule has 5 nitrogen and oxygen atoms in total. The summed E-state index contributed by atoms with van der Waals surface area (Å²) in [7, 11) is 0. The van der Waals surface area contributed by atoms with E-state index in [1.165, 1.54) is 12.1 Å². The molecular weight excluding hydrogens is 258 g/mol. The lowest BCUT2D eigenvalue weighted by molar-refractivity contribution is -0.384. The van der Waals surface area contributed by atoms with Crippen LogP contribution in [-0.2, 0) is 6.61 Å². The number of ether oxygens (including phenoxy) is 1. The molecule has 0 spiro atoms. The fourth-order valence-corrected chi connectivity index (χ4v) is 1.79. The van der Waals surface area contributed by atoms with Crippen LogP contribution in [0.1, 0.15) is 24.2 Å². The van der Waals surface area contributed by atoms with Gasteiger partial charge in [-0.2, -0.15) is 0 Å². The average molecular weight is 273 g/mol. The predicted molar refractivity (Wildman–Crippen MR) is 74.5 cm³/mol. The topological polar surface area (TPSA) is 72.6 Å². The normalized spacial score (nSPS) is 11.9. The van der Waals surface area contributed by atoms with Crippen molar-refractivity contribution in [3.63, 3.8) is 0 Å². The van der Waals surface area contributed by atoms with E-state index >= 15 is 0 Å². The Labute approximate surface area is 116 Å². The lowest BCUT2D eigenvalue weighted by Crippen LogP contribution is -1.98. The molecule has 0 aliphatic rings. The molecule has 0 bridgehead atoms. The van der Waals surface area contributed by atoms with Crippen molar-refractivity contribution in [2.75, 3.05) is 0 Å². The van der Waals surface area contributed by atoms with Gasteiger partial charge in [0.15, 0.2) is 0 Å². The van der Waals surface area contributed by atoms with Crippen LogP contribution in [0.3, 0.4) is 0 Å². The molecule has 20 heavy (non-hydrogen) atoms. The molecule has 0 unspecified atom stereocenters. The maximum Gasteiger partial charge on any atom is 0.269 e. The van der Waals surface area contributed by atoms with Gasteiger partial charge in [-0.1, -0.05) is 24.3 Å². The molecule has 0 saturated heterocycles. The van der Waals surface area contributed by atoms with Crippen molar-refractivity contribution in [3.8, 4) is 5.75 Å². The summed E-state index contributed by atoms with van der Waals surface area (Å²) >= 11 is 0. The van der Waals surface area contributed by atoms with Gasteiger partial charge in [0.2, 0.25) is 0 Å². The molecular formula is C15H15NO4. The Hall–Kier alpha value is -2.40. The summed E-state index contributed by atoms with van der Waals surface area (Å²) in [6.07, 6.45) is -0.559. The minimum Gasteiger partial charge on any atom is -0.489 e. The maximum atomic E-state index is 10.7. The second kappa shape index (κ2) is 6.16. The molecule has 0 radical (unpaired) electrons. The Bertz CT molecular complexity index is 610. The minimum atomic E-state index is -0.559. The summed E-state index contributed by atoms with van der Waals surface area (Å²) in [5, 5.41) is 20.2. The number of aliphatic hydroxyl groups excluding tert-OH is 1. The third-order valence-electron chi connectivity index (χ3n) is 2.87. The van der Waals surface area contributed by atoms with Gasteiger partial charge >= 0.3 is 0 Å². The van der Waals surface area contributed by atoms with E-state index in [0.717, 1.165) is 11.1 Å². The van der Waals surface area contributed by atoms with E-state index in [1.54, 1.807) is 37.3 Å². The first-order chi connectivity index (χ1) is 9.56. The number of non-ortho nitro benzene ring substituents is 1. The summed E-state index contributed by atoms with van der Waals surface area (Å²) < 4.78 is 5.58. The van der Waals surface area contributed by atoms with Crippen molar-refractivity contribution in [1.82, 2.24) is 0 Å². The number of aliphatic hydroxyl groups is 1. The molecule has 0 aliphatic carbocycles. The van der Waals surface area contributed by atoms with Crippen LogP contribution in [0.4, 0.5) is 5.69 Å². The zero-order chi connectivity index (χ0) is 14.5. The molecule has 0 aromatic heterocycles. The van der Waals surface area contributed by atoms with Crippen molar-refractivity contribution in [1.29, 1.82) is 0 Å². The highest BCUT2D eigenvalue weighted by Gasteiger charge is 2.06. The molecule has 2 aromatic carbocycles. The van der Waals surface area contributed by atoms with Crippen LogP contribution >= 0.6 is 0 Å². The standard InChI is InChI=1S/C15H15NO4/c1-11(17)13-5-3-7-15(9-13)20-10-12-4-2-6-14(8-12)16(18)19/h2-9,11,17H,10H2,1H3/t11-/m1/s1. The maximum absolute atomic E-state index is 10.7. The van der Waals surface area contributed by atoms with Crippen LogP contribution in [0.25, 0.3) is 0 Å². The summed E-state index contributed by atoms with van der Waals surface area (Å²) in [5.41, 5.74) is 1.53. The van der Waals surface area contributed by atoms with Crippen molar-refractivity contribution in [2.24, 2.45) is 0 Å². The number of nitro benzene ring substituents is 1. The van der Waals surface area contributed by atoms with Crippen LogP contribution in [0.2, 0.25) is 0 Å². The Morgan fingerprint density at radius 3 is 2.70 bits per heavy atom. The quantitative estimate of drug-likeness (QED) is 0.670. The van der Waals surface area contributed by atoms with E-state index in [4.69, 9.17) is 4.74 Å². The number of hydrogen-bond donors (Lipinski definition) is 1. The first kappa shape index (κ1) is 14.0. The second-order valence-corrected chi connectivity index (χ2v) is 4.46. The van der Waals surface area contributed by atoms with E-state index < -0.39 is 11.0 Å². The van der Waals surface area contributed by atoms with Crippen LogP contribution < -0.4 is 4.74 Å². The molecule has 0 heterocycles. The van der Waals surface area contributed by atoms with Crippen LogP contribution in [0, 0.1) is 10.1 Å². The molecule has 2 aromatic rings. The van der Waals surface area contributed by atoms with E-state index in [9.17, 15) is 15.2 Å². The van der Waals surface area contributed by atoms with E-state index in [1.807, 2.05) is 6.07 Å². The van der Waals surface area contributed by atoms with Gasteiger partial charge in [-0.25, -0.2) is 0 Å². The summed E-state index contributed by atoms with van der Waals surface area (Å²) in [6, 6.07) is 13.5. The van der Waals surface area contributed by atoms with Gasteiger partial charge in [-0.05, 0) is 30.2 Å². The lowest BCUT2D eigenvalue weighted by Gasteiger charge is -2.09. The molecule has 0 amide bonds. The highest BCUT2D eigenvalue weighted by Crippen LogP contribution is 2.20. The number of rotatable bonds is 5. The van der Waals surface area contributed by atoms with E-state index in [-0.39, 0.29) is 12.3 Å². The molecule has 1 atom stereocenters. The molecule has 0 aliphatic heterocycles. The Morgan fingerprint density at radius 2 is 2.00 bits per heavy atom. The van der Waals surface area contributed by atoms with Crippen LogP contribution in [0.15, 0.2) is 48.5 Å². The summed E-state index contributed by atoms with van der Waals surface area (Å²) in [5.74, 6) is 0.620. The lowest BCUT2D eigenvalue weighted by atomic mass is 10.1. The van der Waals surface area contributed by atoms with Crippen molar-refractivity contribution in [3.05, 3.63) is 69.8 Å². The van der Waals surface area contributed by atoms with Gasteiger partial charge in [0.25, 0.3) is 5.69 Å². The SMILES string of the molecule is C[C@@H](O)c1cccc(OCc2cccc([N+](=O)[O-])c2)c1. The average Bonchev–Trinajstić information content (AvgIpc) is 2.45. The monoisotopic (exact) mass is 273 g/mol. The molecule has 5 heteroatoms. The molecule has 2 rings (SSSR count). The van der Waals surface area contributed by atoms with Crippen LogP contribution in [-0.4, -0.2) is 10.0 Å². The fraction of sp³-hybridized carbons (Fsp3) is 0.200. The molecule has 0 fully saturated rings. The number of nitro groups is 1. The van der Waals surface area contributed by atoms with Crippen molar-refractivity contribution >= 4 is 5.69 Å². The molecule has 104 valence electrons. The Kier molecular flexibility index (Phi) is 4.32. The van der Waals surface area contributed by atoms with Crippen molar-refractivity contribution in [2.45, 2.75) is 19.6 Å². The summed E-state index contributed by atoms with van der Waals surface area (Å²) in [6.45, 7) is 1.92. The van der Waals surface area contributed by atoms with Gasteiger partial charge in [-0.3, -0.25) is 10.1 Å². The van der Waals surface area contributed by atoms with Gasteiger partial charge in [0.1, 0.15) is 12.4 Å². The minimum absolute atomic E-state index is 0.0452. The third-order valence-corrected chi connectivity index (χ3v) is 2.87. The largest absolute Gasteiger partial charge is 0.489 e. The van der Waals surface area contributed by atoms with Crippen molar-refractivity contribution < 1.29 is 14.8 Å².